The molecule has 6 heteroatoms. The van der Waals surface area contributed by atoms with E-state index in [1.165, 1.54) is 16.8 Å². The van der Waals surface area contributed by atoms with Crippen molar-refractivity contribution < 1.29 is 9.53 Å². The first kappa shape index (κ1) is 16.4. The van der Waals surface area contributed by atoms with Crippen LogP contribution in [-0.2, 0) is 6.54 Å². The molecule has 0 unspecified atom stereocenters. The molecule has 2 aromatic carbocycles. The maximum absolute atomic E-state index is 12.6. The number of ketones is 1. The summed E-state index contributed by atoms with van der Waals surface area (Å²) >= 11 is 0. The van der Waals surface area contributed by atoms with Crippen molar-refractivity contribution in [1.29, 1.82) is 0 Å². The zero-order chi connectivity index (χ0) is 17.6. The van der Waals surface area contributed by atoms with Gasteiger partial charge in [-0.3, -0.25) is 19.1 Å². The molecule has 25 heavy (non-hydrogen) atoms. The van der Waals surface area contributed by atoms with Gasteiger partial charge in [0.2, 0.25) is 0 Å². The van der Waals surface area contributed by atoms with Crippen molar-refractivity contribution in [3.05, 3.63) is 98.8 Å². The minimum atomic E-state index is -0.496. The fourth-order valence-electron chi connectivity index (χ4n) is 2.40. The van der Waals surface area contributed by atoms with Gasteiger partial charge in [0.15, 0.2) is 5.78 Å². The van der Waals surface area contributed by atoms with E-state index in [0.29, 0.717) is 16.9 Å². The SMILES string of the molecule is O=C(c1ccccc1)c1ccccc1OCCn1ccc(=O)[nH]c1=O. The molecule has 0 aliphatic rings. The van der Waals surface area contributed by atoms with Crippen molar-refractivity contribution in [3.8, 4) is 5.75 Å². The van der Waals surface area contributed by atoms with E-state index in [1.54, 1.807) is 48.5 Å². The molecular weight excluding hydrogens is 320 g/mol. The Morgan fingerprint density at radius 2 is 1.68 bits per heavy atom. The highest BCUT2D eigenvalue weighted by Crippen LogP contribution is 2.21. The van der Waals surface area contributed by atoms with Gasteiger partial charge in [-0.05, 0) is 12.1 Å². The van der Waals surface area contributed by atoms with Crippen molar-refractivity contribution in [2.75, 3.05) is 6.61 Å². The smallest absolute Gasteiger partial charge is 0.328 e. The standard InChI is InChI=1S/C19H16N2O4/c22-17-10-11-21(19(24)20-17)12-13-25-16-9-5-4-8-15(16)18(23)14-6-2-1-3-7-14/h1-11H,12-13H2,(H,20,22,24). The normalized spacial score (nSPS) is 10.4. The van der Waals surface area contributed by atoms with Crippen LogP contribution in [0.15, 0.2) is 76.4 Å². The predicted octanol–water partition coefficient (Wildman–Crippen LogP) is 1.85. The number of aromatic nitrogens is 2. The zero-order valence-corrected chi connectivity index (χ0v) is 13.3. The number of carbonyl (C=O) groups excluding carboxylic acids is 1. The molecule has 0 saturated heterocycles. The summed E-state index contributed by atoms with van der Waals surface area (Å²) in [6.45, 7) is 0.439. The highest BCUT2D eigenvalue weighted by atomic mass is 16.5. The Kier molecular flexibility index (Phi) is 4.89. The van der Waals surface area contributed by atoms with E-state index >= 15 is 0 Å². The molecule has 0 bridgehead atoms. The first-order chi connectivity index (χ1) is 12.1. The van der Waals surface area contributed by atoms with Crippen LogP contribution in [0, 0.1) is 0 Å². The molecule has 6 nitrogen and oxygen atoms in total. The average Bonchev–Trinajstić information content (AvgIpc) is 2.64. The molecule has 0 amide bonds. The fourth-order valence-corrected chi connectivity index (χ4v) is 2.40. The summed E-state index contributed by atoms with van der Waals surface area (Å²) in [6, 6.07) is 17.2. The molecule has 3 rings (SSSR count). The van der Waals surface area contributed by atoms with Crippen molar-refractivity contribution in [2.24, 2.45) is 0 Å². The van der Waals surface area contributed by atoms with Gasteiger partial charge in [-0.2, -0.15) is 0 Å². The number of carbonyl (C=O) groups is 1. The fraction of sp³-hybridized carbons (Fsp3) is 0.105. The monoisotopic (exact) mass is 336 g/mol. The van der Waals surface area contributed by atoms with E-state index < -0.39 is 11.2 Å². The topological polar surface area (TPSA) is 81.2 Å². The van der Waals surface area contributed by atoms with Crippen LogP contribution in [0.3, 0.4) is 0 Å². The minimum absolute atomic E-state index is 0.127. The third-order valence-electron chi connectivity index (χ3n) is 3.65. The Hall–Kier alpha value is -3.41. The van der Waals surface area contributed by atoms with Gasteiger partial charge < -0.3 is 4.74 Å². The van der Waals surface area contributed by atoms with Gasteiger partial charge in [0.1, 0.15) is 12.4 Å². The second-order valence-corrected chi connectivity index (χ2v) is 5.34. The van der Waals surface area contributed by atoms with Gasteiger partial charge in [-0.25, -0.2) is 4.79 Å². The van der Waals surface area contributed by atoms with E-state index in [-0.39, 0.29) is 18.9 Å². The van der Waals surface area contributed by atoms with E-state index in [4.69, 9.17) is 4.74 Å². The van der Waals surface area contributed by atoms with Crippen LogP contribution in [-0.4, -0.2) is 21.9 Å². The maximum atomic E-state index is 12.6. The van der Waals surface area contributed by atoms with Crippen LogP contribution < -0.4 is 16.0 Å². The molecule has 3 aromatic rings. The third-order valence-corrected chi connectivity index (χ3v) is 3.65. The second kappa shape index (κ2) is 7.44. The molecule has 0 fully saturated rings. The number of rotatable bonds is 6. The van der Waals surface area contributed by atoms with Gasteiger partial charge in [0, 0.05) is 17.8 Å². The highest BCUT2D eigenvalue weighted by molar-refractivity contribution is 6.10. The van der Waals surface area contributed by atoms with Gasteiger partial charge in [0.05, 0.1) is 12.1 Å². The van der Waals surface area contributed by atoms with Crippen LogP contribution in [0.5, 0.6) is 5.75 Å². The minimum Gasteiger partial charge on any atom is -0.491 e. The van der Waals surface area contributed by atoms with E-state index in [0.717, 1.165) is 0 Å². The van der Waals surface area contributed by atoms with Gasteiger partial charge >= 0.3 is 5.69 Å². The first-order valence-corrected chi connectivity index (χ1v) is 7.76. The number of para-hydroxylation sites is 1. The van der Waals surface area contributed by atoms with Crippen LogP contribution >= 0.6 is 0 Å². The zero-order valence-electron chi connectivity index (χ0n) is 13.3. The number of H-pyrrole nitrogens is 1. The van der Waals surface area contributed by atoms with Crippen molar-refractivity contribution in [1.82, 2.24) is 9.55 Å². The van der Waals surface area contributed by atoms with Crippen molar-refractivity contribution in [3.63, 3.8) is 0 Å². The summed E-state index contributed by atoms with van der Waals surface area (Å²) in [4.78, 5) is 37.5. The summed E-state index contributed by atoms with van der Waals surface area (Å²) < 4.78 is 7.03. The molecule has 0 saturated carbocycles. The maximum Gasteiger partial charge on any atom is 0.328 e. The van der Waals surface area contributed by atoms with E-state index in [9.17, 15) is 14.4 Å². The molecule has 1 aromatic heterocycles. The van der Waals surface area contributed by atoms with E-state index in [1.807, 2.05) is 6.07 Å². The number of benzene rings is 2. The lowest BCUT2D eigenvalue weighted by molar-refractivity contribution is 0.103. The predicted molar refractivity (Wildman–Crippen MR) is 93.1 cm³/mol. The quantitative estimate of drug-likeness (QED) is 0.697. The Balaban J connectivity index is 1.74. The van der Waals surface area contributed by atoms with Gasteiger partial charge in [-0.15, -0.1) is 0 Å². The average molecular weight is 336 g/mol. The van der Waals surface area contributed by atoms with Crippen molar-refractivity contribution >= 4 is 5.78 Å². The first-order valence-electron chi connectivity index (χ1n) is 7.76. The van der Waals surface area contributed by atoms with Crippen LogP contribution in [0.25, 0.3) is 0 Å². The number of hydrogen-bond donors (Lipinski definition) is 1. The Morgan fingerprint density at radius 3 is 2.44 bits per heavy atom. The van der Waals surface area contributed by atoms with Crippen LogP contribution in [0.4, 0.5) is 0 Å². The number of hydrogen-bond acceptors (Lipinski definition) is 4. The summed E-state index contributed by atoms with van der Waals surface area (Å²) in [5, 5.41) is 0. The van der Waals surface area contributed by atoms with Gasteiger partial charge in [0.25, 0.3) is 5.56 Å². The molecule has 1 heterocycles. The highest BCUT2D eigenvalue weighted by Gasteiger charge is 2.13. The molecular formula is C19H16N2O4. The largest absolute Gasteiger partial charge is 0.491 e. The third kappa shape index (κ3) is 3.92. The molecule has 0 aliphatic heterocycles. The van der Waals surface area contributed by atoms with E-state index in [2.05, 4.69) is 4.98 Å². The number of ether oxygens (including phenoxy) is 1. The Labute approximate surface area is 143 Å². The number of nitrogens with zero attached hydrogens (tertiary/aromatic N) is 1. The van der Waals surface area contributed by atoms with Crippen molar-refractivity contribution in [2.45, 2.75) is 6.54 Å². The Bertz CT molecular complexity index is 990. The molecule has 0 atom stereocenters. The van der Waals surface area contributed by atoms with Crippen LogP contribution in [0.1, 0.15) is 15.9 Å². The molecule has 126 valence electrons. The van der Waals surface area contributed by atoms with Crippen LogP contribution in [0.2, 0.25) is 0 Å². The second-order valence-electron chi connectivity index (χ2n) is 5.34. The molecule has 0 radical (unpaired) electrons. The molecule has 0 aliphatic carbocycles. The number of aromatic amines is 1. The summed E-state index contributed by atoms with van der Waals surface area (Å²) in [6.07, 6.45) is 1.41. The lowest BCUT2D eigenvalue weighted by atomic mass is 10.0. The summed E-state index contributed by atoms with van der Waals surface area (Å²) in [5.41, 5.74) is 0.101. The number of nitrogens with one attached hydrogen (secondary N) is 1. The summed E-state index contributed by atoms with van der Waals surface area (Å²) in [5.74, 6) is 0.325. The van der Waals surface area contributed by atoms with Gasteiger partial charge in [-0.1, -0.05) is 42.5 Å². The Morgan fingerprint density at radius 1 is 0.960 bits per heavy atom. The lowest BCUT2D eigenvalue weighted by Crippen LogP contribution is -2.30. The molecule has 0 spiro atoms. The lowest BCUT2D eigenvalue weighted by Gasteiger charge is -2.11. The molecule has 1 N–H and O–H groups in total. The summed E-state index contributed by atoms with van der Waals surface area (Å²) in [7, 11) is 0.